The van der Waals surface area contributed by atoms with E-state index in [1.807, 2.05) is 0 Å². The molecule has 3 aromatic heterocycles. The number of nitrogens with zero attached hydrogens (tertiary/aromatic N) is 4. The Labute approximate surface area is 179 Å². The van der Waals surface area contributed by atoms with Crippen molar-refractivity contribution in [2.75, 3.05) is 0 Å². The van der Waals surface area contributed by atoms with Crippen LogP contribution in [0.15, 0.2) is 29.5 Å². The van der Waals surface area contributed by atoms with Crippen LogP contribution in [0.5, 0.6) is 5.75 Å². The Bertz CT molecular complexity index is 1190. The topological polar surface area (TPSA) is 87.0 Å². The number of pyridine rings is 2. The molecule has 0 fully saturated rings. The minimum atomic E-state index is -2.84. The van der Waals surface area contributed by atoms with E-state index in [9.17, 15) is 18.4 Å². The lowest BCUT2D eigenvalue weighted by Crippen LogP contribution is -2.30. The highest BCUT2D eigenvalue weighted by molar-refractivity contribution is 6.36. The fourth-order valence-electron chi connectivity index (χ4n) is 2.62. The van der Waals surface area contributed by atoms with Crippen LogP contribution in [0.2, 0.25) is 10.2 Å². The van der Waals surface area contributed by atoms with Crippen LogP contribution in [0.4, 0.5) is 8.78 Å². The van der Waals surface area contributed by atoms with Crippen LogP contribution in [0.3, 0.4) is 0 Å². The third kappa shape index (κ3) is 4.27. The number of halogens is 4. The number of hydrogen-bond donors (Lipinski definition) is 0. The summed E-state index contributed by atoms with van der Waals surface area (Å²) in [5.74, 6) is -0.903. The lowest BCUT2D eigenvalue weighted by molar-refractivity contribution is -0.142. The summed E-state index contributed by atoms with van der Waals surface area (Å²) in [4.78, 5) is 37.9. The van der Waals surface area contributed by atoms with E-state index in [4.69, 9.17) is 27.9 Å². The van der Waals surface area contributed by atoms with Crippen molar-refractivity contribution in [3.8, 4) is 16.9 Å². The second-order valence-corrected chi connectivity index (χ2v) is 8.16. The van der Waals surface area contributed by atoms with Gasteiger partial charge in [-0.05, 0) is 26.8 Å². The van der Waals surface area contributed by atoms with Gasteiger partial charge in [0.05, 0.1) is 22.5 Å². The molecule has 0 aromatic carbocycles. The summed E-state index contributed by atoms with van der Waals surface area (Å²) in [6.45, 7) is 3.93. The second-order valence-electron chi connectivity index (χ2n) is 7.37. The summed E-state index contributed by atoms with van der Waals surface area (Å²) in [6.07, 6.45) is 0.891. The Hall–Kier alpha value is -2.65. The van der Waals surface area contributed by atoms with E-state index in [1.165, 1.54) is 24.7 Å². The molecule has 11 heteroatoms. The summed E-state index contributed by atoms with van der Waals surface area (Å²) < 4.78 is 32.7. The van der Waals surface area contributed by atoms with Crippen LogP contribution in [-0.4, -0.2) is 31.9 Å². The van der Waals surface area contributed by atoms with E-state index >= 15 is 0 Å². The highest BCUT2D eigenvalue weighted by atomic mass is 35.5. The summed E-state index contributed by atoms with van der Waals surface area (Å²) in [5.41, 5.74) is -2.19. The molecular weight excluding hydrogens is 441 g/mol. The van der Waals surface area contributed by atoms with Crippen molar-refractivity contribution in [2.45, 2.75) is 33.7 Å². The SMILES string of the molecule is CC(C)(C)C(=O)Oc1c(-c2cnc(Cl)cc2Cl)c(=O)n(CC(F)F)c2nccnc12. The quantitative estimate of drug-likeness (QED) is 0.427. The van der Waals surface area contributed by atoms with E-state index in [2.05, 4.69) is 15.0 Å². The zero-order valence-electron chi connectivity index (χ0n) is 16.1. The van der Waals surface area contributed by atoms with Gasteiger partial charge in [-0.3, -0.25) is 14.2 Å². The van der Waals surface area contributed by atoms with Gasteiger partial charge in [0.2, 0.25) is 0 Å². The number of alkyl halides is 2. The van der Waals surface area contributed by atoms with Gasteiger partial charge in [-0.2, -0.15) is 0 Å². The monoisotopic (exact) mass is 456 g/mol. The van der Waals surface area contributed by atoms with Gasteiger partial charge in [0, 0.05) is 24.2 Å². The van der Waals surface area contributed by atoms with Crippen LogP contribution in [0, 0.1) is 5.41 Å². The molecule has 0 saturated carbocycles. The fourth-order valence-corrected chi connectivity index (χ4v) is 3.08. The Balaban J connectivity index is 2.44. The Morgan fingerprint density at radius 1 is 1.20 bits per heavy atom. The van der Waals surface area contributed by atoms with E-state index in [1.54, 1.807) is 20.8 Å². The first-order chi connectivity index (χ1) is 14.0. The lowest BCUT2D eigenvalue weighted by Gasteiger charge is -2.20. The zero-order valence-corrected chi connectivity index (χ0v) is 17.6. The molecule has 3 heterocycles. The molecule has 0 aliphatic rings. The zero-order chi connectivity index (χ0) is 22.2. The first-order valence-corrected chi connectivity index (χ1v) is 9.45. The number of ether oxygens (including phenoxy) is 1. The predicted molar refractivity (Wildman–Crippen MR) is 108 cm³/mol. The van der Waals surface area contributed by atoms with E-state index in [0.29, 0.717) is 0 Å². The maximum absolute atomic E-state index is 13.3. The van der Waals surface area contributed by atoms with Gasteiger partial charge < -0.3 is 4.74 Å². The maximum Gasteiger partial charge on any atom is 0.316 e. The molecule has 0 spiro atoms. The average molecular weight is 457 g/mol. The van der Waals surface area contributed by atoms with Gasteiger partial charge in [0.15, 0.2) is 11.4 Å². The van der Waals surface area contributed by atoms with Gasteiger partial charge in [-0.15, -0.1) is 0 Å². The summed E-state index contributed by atoms with van der Waals surface area (Å²) in [5, 5.41) is 0.0810. The molecule has 0 bridgehead atoms. The number of fused-ring (bicyclic) bond motifs is 1. The van der Waals surface area contributed by atoms with Crippen LogP contribution in [-0.2, 0) is 11.3 Å². The molecule has 0 aliphatic heterocycles. The Kier molecular flexibility index (Phi) is 6.05. The highest BCUT2D eigenvalue weighted by Crippen LogP contribution is 2.37. The molecule has 158 valence electrons. The van der Waals surface area contributed by atoms with Gasteiger partial charge >= 0.3 is 5.97 Å². The van der Waals surface area contributed by atoms with Crippen LogP contribution < -0.4 is 10.3 Å². The number of carbonyl (C=O) groups excluding carboxylic acids is 1. The van der Waals surface area contributed by atoms with Crippen molar-refractivity contribution >= 4 is 40.3 Å². The van der Waals surface area contributed by atoms with Gasteiger partial charge in [0.1, 0.15) is 10.7 Å². The minimum absolute atomic E-state index is 0.0204. The number of esters is 1. The van der Waals surface area contributed by atoms with Crippen molar-refractivity contribution in [1.29, 1.82) is 0 Å². The van der Waals surface area contributed by atoms with Crippen molar-refractivity contribution in [1.82, 2.24) is 19.5 Å². The maximum atomic E-state index is 13.3. The number of aromatic nitrogens is 4. The smallest absolute Gasteiger partial charge is 0.316 e. The molecular formula is C19H16Cl2F2N4O3. The molecule has 0 unspecified atom stereocenters. The van der Waals surface area contributed by atoms with Crippen LogP contribution >= 0.6 is 23.2 Å². The highest BCUT2D eigenvalue weighted by Gasteiger charge is 2.30. The molecule has 0 atom stereocenters. The predicted octanol–water partition coefficient (Wildman–Crippen LogP) is 4.38. The van der Waals surface area contributed by atoms with Gasteiger partial charge in [-0.1, -0.05) is 23.2 Å². The largest absolute Gasteiger partial charge is 0.423 e. The van der Waals surface area contributed by atoms with E-state index in [-0.39, 0.29) is 38.2 Å². The first-order valence-electron chi connectivity index (χ1n) is 8.70. The van der Waals surface area contributed by atoms with Crippen molar-refractivity contribution < 1.29 is 18.3 Å². The number of hydrogen-bond acceptors (Lipinski definition) is 6. The Morgan fingerprint density at radius 3 is 2.47 bits per heavy atom. The number of carbonyl (C=O) groups is 1. The summed E-state index contributed by atoms with van der Waals surface area (Å²) in [7, 11) is 0. The van der Waals surface area contributed by atoms with Crippen molar-refractivity contribution in [3.63, 3.8) is 0 Å². The van der Waals surface area contributed by atoms with E-state index < -0.39 is 29.9 Å². The molecule has 0 saturated heterocycles. The fraction of sp³-hybridized carbons (Fsp3) is 0.316. The third-order valence-corrected chi connectivity index (χ3v) is 4.57. The summed E-state index contributed by atoms with van der Waals surface area (Å²) in [6, 6.07) is 1.28. The standard InChI is InChI=1S/C19H16Cl2F2N4O3/c1-19(2,3)18(29)30-15-13(9-7-26-11(21)6-10(9)20)17(28)27(8-12(22)23)16-14(15)24-4-5-25-16/h4-7,12H,8H2,1-3H3. The lowest BCUT2D eigenvalue weighted by atomic mass is 9.97. The first kappa shape index (κ1) is 22.0. The summed E-state index contributed by atoms with van der Waals surface area (Å²) >= 11 is 12.1. The minimum Gasteiger partial charge on any atom is -0.423 e. The van der Waals surface area contributed by atoms with Gasteiger partial charge in [-0.25, -0.2) is 23.7 Å². The van der Waals surface area contributed by atoms with E-state index in [0.717, 1.165) is 4.57 Å². The second kappa shape index (κ2) is 8.23. The van der Waals surface area contributed by atoms with Gasteiger partial charge in [0.25, 0.3) is 12.0 Å². The molecule has 7 nitrogen and oxygen atoms in total. The molecule has 0 radical (unpaired) electrons. The molecule has 0 amide bonds. The van der Waals surface area contributed by atoms with Crippen LogP contribution in [0.25, 0.3) is 22.3 Å². The van der Waals surface area contributed by atoms with Crippen LogP contribution in [0.1, 0.15) is 20.8 Å². The molecule has 30 heavy (non-hydrogen) atoms. The third-order valence-electron chi connectivity index (χ3n) is 4.05. The van der Waals surface area contributed by atoms with Crippen molar-refractivity contribution in [3.05, 3.63) is 45.2 Å². The molecule has 0 N–H and O–H groups in total. The molecule has 3 rings (SSSR count). The number of rotatable bonds is 4. The van der Waals surface area contributed by atoms with Crippen molar-refractivity contribution in [2.24, 2.45) is 5.41 Å². The average Bonchev–Trinajstić information content (AvgIpc) is 2.65. The normalized spacial score (nSPS) is 11.9. The molecule has 0 aliphatic carbocycles. The molecule has 3 aromatic rings. The Morgan fingerprint density at radius 2 is 1.87 bits per heavy atom.